The fourth-order valence-corrected chi connectivity index (χ4v) is 1.97. The Morgan fingerprint density at radius 3 is 2.59 bits per heavy atom. The third kappa shape index (κ3) is 2.33. The first kappa shape index (κ1) is 12.1. The zero-order valence-corrected chi connectivity index (χ0v) is 10.2. The monoisotopic (exact) mass is 234 g/mol. The predicted octanol–water partition coefficient (Wildman–Crippen LogP) is 1.25. The van der Waals surface area contributed by atoms with Gasteiger partial charge in [0.15, 0.2) is 0 Å². The first-order valence-corrected chi connectivity index (χ1v) is 5.90. The second kappa shape index (κ2) is 4.85. The maximum absolute atomic E-state index is 9.82. The molecule has 0 radical (unpaired) electrons. The molecular formula is C13H18N2O2. The number of benzene rings is 1. The summed E-state index contributed by atoms with van der Waals surface area (Å²) in [5.41, 5.74) is 1.96. The van der Waals surface area contributed by atoms with Crippen LogP contribution in [0.25, 0.3) is 11.0 Å². The smallest absolute Gasteiger partial charge is 0.112 e. The molecule has 0 aliphatic heterocycles. The minimum atomic E-state index is -0.754. The van der Waals surface area contributed by atoms with Crippen LogP contribution in [0.15, 0.2) is 24.3 Å². The zero-order valence-electron chi connectivity index (χ0n) is 10.2. The molecule has 0 saturated heterocycles. The molecule has 2 unspecified atom stereocenters. The first-order valence-electron chi connectivity index (χ1n) is 5.90. The molecule has 1 aromatic carbocycles. The highest BCUT2D eigenvalue weighted by Gasteiger charge is 2.18. The third-order valence-electron chi connectivity index (χ3n) is 3.13. The van der Waals surface area contributed by atoms with Crippen LogP contribution in [0.2, 0.25) is 0 Å². The van der Waals surface area contributed by atoms with Crippen molar-refractivity contribution >= 4 is 11.0 Å². The van der Waals surface area contributed by atoms with Crippen molar-refractivity contribution in [2.45, 2.75) is 32.0 Å². The fourth-order valence-electron chi connectivity index (χ4n) is 1.97. The number of hydrogen-bond donors (Lipinski definition) is 2. The standard InChI is InChI=1S/C13H18N2O2/c1-3-11(16)12(17)8-13-14-9-6-4-5-7-10(9)15(13)2/h4-7,11-12,16-17H,3,8H2,1-2H3. The molecule has 92 valence electrons. The Labute approximate surface area is 101 Å². The SMILES string of the molecule is CCC(O)C(O)Cc1nc2ccccc2n1C. The van der Waals surface area contributed by atoms with Gasteiger partial charge in [-0.1, -0.05) is 19.1 Å². The number of aryl methyl sites for hydroxylation is 1. The molecule has 1 heterocycles. The van der Waals surface area contributed by atoms with Crippen LogP contribution in [0.4, 0.5) is 0 Å². The van der Waals surface area contributed by atoms with Crippen molar-refractivity contribution in [1.29, 1.82) is 0 Å². The van der Waals surface area contributed by atoms with Gasteiger partial charge in [-0.15, -0.1) is 0 Å². The average Bonchev–Trinajstić information content (AvgIpc) is 2.66. The van der Waals surface area contributed by atoms with E-state index in [-0.39, 0.29) is 0 Å². The lowest BCUT2D eigenvalue weighted by Gasteiger charge is -2.15. The molecule has 1 aromatic heterocycles. The number of nitrogens with zero attached hydrogens (tertiary/aromatic N) is 2. The van der Waals surface area contributed by atoms with Gasteiger partial charge in [-0.3, -0.25) is 0 Å². The molecule has 17 heavy (non-hydrogen) atoms. The molecule has 4 heteroatoms. The summed E-state index contributed by atoms with van der Waals surface area (Å²) in [4.78, 5) is 4.46. The second-order valence-corrected chi connectivity index (χ2v) is 4.32. The largest absolute Gasteiger partial charge is 0.390 e. The van der Waals surface area contributed by atoms with E-state index in [4.69, 9.17) is 0 Å². The third-order valence-corrected chi connectivity index (χ3v) is 3.13. The van der Waals surface area contributed by atoms with E-state index in [1.165, 1.54) is 0 Å². The summed E-state index contributed by atoms with van der Waals surface area (Å²) in [6.45, 7) is 1.85. The predicted molar refractivity (Wildman–Crippen MR) is 66.7 cm³/mol. The summed E-state index contributed by atoms with van der Waals surface area (Å²) in [6, 6.07) is 7.84. The van der Waals surface area contributed by atoms with Gasteiger partial charge in [0.05, 0.1) is 23.2 Å². The Morgan fingerprint density at radius 1 is 1.24 bits per heavy atom. The van der Waals surface area contributed by atoms with E-state index in [1.54, 1.807) is 0 Å². The summed E-state index contributed by atoms with van der Waals surface area (Å²) >= 11 is 0. The Bertz CT molecular complexity index is 507. The van der Waals surface area contributed by atoms with Gasteiger partial charge in [-0.25, -0.2) is 4.98 Å². The van der Waals surface area contributed by atoms with Crippen LogP contribution < -0.4 is 0 Å². The summed E-state index contributed by atoms with van der Waals surface area (Å²) in [6.07, 6.45) is -0.518. The van der Waals surface area contributed by atoms with Crippen molar-refractivity contribution < 1.29 is 10.2 Å². The number of para-hydroxylation sites is 2. The minimum Gasteiger partial charge on any atom is -0.390 e. The topological polar surface area (TPSA) is 58.3 Å². The van der Waals surface area contributed by atoms with Gasteiger partial charge in [0.1, 0.15) is 5.82 Å². The van der Waals surface area contributed by atoms with Crippen LogP contribution in [0.1, 0.15) is 19.2 Å². The highest BCUT2D eigenvalue weighted by Crippen LogP contribution is 2.16. The Balaban J connectivity index is 2.27. The molecule has 0 saturated carbocycles. The average molecular weight is 234 g/mol. The van der Waals surface area contributed by atoms with Crippen molar-refractivity contribution in [2.75, 3.05) is 0 Å². The molecule has 0 amide bonds. The van der Waals surface area contributed by atoms with Gasteiger partial charge in [0.2, 0.25) is 0 Å². The van der Waals surface area contributed by atoms with Crippen LogP contribution in [0.5, 0.6) is 0 Å². The Hall–Kier alpha value is -1.39. The van der Waals surface area contributed by atoms with Gasteiger partial charge in [0, 0.05) is 13.5 Å². The van der Waals surface area contributed by atoms with Crippen LogP contribution in [0, 0.1) is 0 Å². The number of fused-ring (bicyclic) bond motifs is 1. The first-order chi connectivity index (χ1) is 8.13. The van der Waals surface area contributed by atoms with Crippen molar-refractivity contribution in [2.24, 2.45) is 7.05 Å². The van der Waals surface area contributed by atoms with E-state index in [9.17, 15) is 10.2 Å². The maximum Gasteiger partial charge on any atom is 0.112 e. The van der Waals surface area contributed by atoms with Gasteiger partial charge in [-0.2, -0.15) is 0 Å². The fraction of sp³-hybridized carbons (Fsp3) is 0.462. The highest BCUT2D eigenvalue weighted by atomic mass is 16.3. The summed E-state index contributed by atoms with van der Waals surface area (Å²) in [7, 11) is 1.93. The van der Waals surface area contributed by atoms with E-state index >= 15 is 0 Å². The molecule has 2 rings (SSSR count). The van der Waals surface area contributed by atoms with E-state index in [2.05, 4.69) is 4.98 Å². The Kier molecular flexibility index (Phi) is 3.45. The van der Waals surface area contributed by atoms with Gasteiger partial charge >= 0.3 is 0 Å². The molecule has 2 N–H and O–H groups in total. The lowest BCUT2D eigenvalue weighted by atomic mass is 10.1. The molecule has 2 atom stereocenters. The molecule has 0 fully saturated rings. The van der Waals surface area contributed by atoms with Crippen LogP contribution >= 0.6 is 0 Å². The normalized spacial score (nSPS) is 15.1. The van der Waals surface area contributed by atoms with Crippen LogP contribution in [-0.2, 0) is 13.5 Å². The number of aliphatic hydroxyl groups excluding tert-OH is 2. The van der Waals surface area contributed by atoms with E-state index in [0.717, 1.165) is 16.9 Å². The summed E-state index contributed by atoms with van der Waals surface area (Å²) < 4.78 is 1.96. The lowest BCUT2D eigenvalue weighted by molar-refractivity contribution is 0.0167. The van der Waals surface area contributed by atoms with Crippen molar-refractivity contribution in [3.63, 3.8) is 0 Å². The van der Waals surface area contributed by atoms with Gasteiger partial charge in [-0.05, 0) is 18.6 Å². The minimum absolute atomic E-state index is 0.375. The number of rotatable bonds is 4. The van der Waals surface area contributed by atoms with Gasteiger partial charge in [0.25, 0.3) is 0 Å². The van der Waals surface area contributed by atoms with E-state index in [1.807, 2.05) is 42.8 Å². The molecular weight excluding hydrogens is 216 g/mol. The zero-order chi connectivity index (χ0) is 12.4. The number of imidazole rings is 1. The van der Waals surface area contributed by atoms with Crippen molar-refractivity contribution in [1.82, 2.24) is 9.55 Å². The molecule has 0 aliphatic rings. The van der Waals surface area contributed by atoms with Gasteiger partial charge < -0.3 is 14.8 Å². The van der Waals surface area contributed by atoms with E-state index in [0.29, 0.717) is 12.8 Å². The highest BCUT2D eigenvalue weighted by molar-refractivity contribution is 5.75. The van der Waals surface area contributed by atoms with E-state index < -0.39 is 12.2 Å². The quantitative estimate of drug-likeness (QED) is 0.837. The number of aliphatic hydroxyl groups is 2. The molecule has 4 nitrogen and oxygen atoms in total. The number of hydrogen-bond acceptors (Lipinski definition) is 3. The molecule has 2 aromatic rings. The van der Waals surface area contributed by atoms with Crippen LogP contribution in [0.3, 0.4) is 0 Å². The van der Waals surface area contributed by atoms with Crippen molar-refractivity contribution in [3.05, 3.63) is 30.1 Å². The lowest BCUT2D eigenvalue weighted by Crippen LogP contribution is -2.28. The maximum atomic E-state index is 9.82. The number of aromatic nitrogens is 2. The summed E-state index contributed by atoms with van der Waals surface area (Å²) in [5, 5.41) is 19.4. The molecule has 0 aliphatic carbocycles. The second-order valence-electron chi connectivity index (χ2n) is 4.32. The summed E-state index contributed by atoms with van der Waals surface area (Å²) in [5.74, 6) is 0.797. The molecule has 0 bridgehead atoms. The van der Waals surface area contributed by atoms with Crippen LogP contribution in [-0.4, -0.2) is 32.0 Å². The molecule has 0 spiro atoms. The Morgan fingerprint density at radius 2 is 1.94 bits per heavy atom. The van der Waals surface area contributed by atoms with Crippen molar-refractivity contribution in [3.8, 4) is 0 Å².